The molecule has 1 aromatic rings. The Hall–Kier alpha value is -1.10. The number of carbonyl (C=O) groups excluding carboxylic acids is 1. The minimum absolute atomic E-state index is 0.0835. The second-order valence-corrected chi connectivity index (χ2v) is 4.84. The lowest BCUT2D eigenvalue weighted by molar-refractivity contribution is -0.127. The molecule has 0 aliphatic carbocycles. The molecule has 0 aromatic carbocycles. The van der Waals surface area contributed by atoms with E-state index < -0.39 is 0 Å². The standard InChI is InChI=1S/C12H18BrN3O/c1-4-8-16(9-12(17)15(2)3)11-7-5-6-10(13)14-11/h5-7H,4,8-9H2,1-3H3. The molecular weight excluding hydrogens is 282 g/mol. The molecule has 4 nitrogen and oxygen atoms in total. The first-order valence-corrected chi connectivity index (χ1v) is 6.41. The van der Waals surface area contributed by atoms with E-state index in [1.165, 1.54) is 0 Å². The Morgan fingerprint density at radius 1 is 1.41 bits per heavy atom. The average molecular weight is 300 g/mol. The summed E-state index contributed by atoms with van der Waals surface area (Å²) in [5.41, 5.74) is 0. The van der Waals surface area contributed by atoms with Gasteiger partial charge in [-0.2, -0.15) is 0 Å². The van der Waals surface area contributed by atoms with Gasteiger partial charge in [0, 0.05) is 20.6 Å². The van der Waals surface area contributed by atoms with Crippen molar-refractivity contribution in [3.63, 3.8) is 0 Å². The van der Waals surface area contributed by atoms with Gasteiger partial charge in [0.2, 0.25) is 5.91 Å². The molecule has 0 N–H and O–H groups in total. The second kappa shape index (κ2) is 6.59. The molecule has 0 saturated heterocycles. The number of halogens is 1. The smallest absolute Gasteiger partial charge is 0.241 e. The molecule has 0 bridgehead atoms. The normalized spacial score (nSPS) is 10.1. The van der Waals surface area contributed by atoms with Crippen molar-refractivity contribution in [3.8, 4) is 0 Å². The first-order chi connectivity index (χ1) is 8.04. The summed E-state index contributed by atoms with van der Waals surface area (Å²) < 4.78 is 0.786. The highest BCUT2D eigenvalue weighted by atomic mass is 79.9. The highest BCUT2D eigenvalue weighted by Gasteiger charge is 2.13. The number of likely N-dealkylation sites (N-methyl/N-ethyl adjacent to an activating group) is 1. The Labute approximate surface area is 111 Å². The fraction of sp³-hybridized carbons (Fsp3) is 0.500. The van der Waals surface area contributed by atoms with E-state index in [1.807, 2.05) is 23.1 Å². The molecule has 94 valence electrons. The number of rotatable bonds is 5. The van der Waals surface area contributed by atoms with Crippen molar-refractivity contribution in [3.05, 3.63) is 22.8 Å². The van der Waals surface area contributed by atoms with Gasteiger partial charge in [0.25, 0.3) is 0 Å². The number of hydrogen-bond acceptors (Lipinski definition) is 3. The summed E-state index contributed by atoms with van der Waals surface area (Å²) in [6, 6.07) is 5.72. The third kappa shape index (κ3) is 4.34. The highest BCUT2D eigenvalue weighted by molar-refractivity contribution is 9.10. The molecule has 1 amide bonds. The quantitative estimate of drug-likeness (QED) is 0.782. The Morgan fingerprint density at radius 3 is 2.65 bits per heavy atom. The third-order valence-electron chi connectivity index (χ3n) is 2.34. The summed E-state index contributed by atoms with van der Waals surface area (Å²) in [7, 11) is 3.53. The van der Waals surface area contributed by atoms with Crippen LogP contribution in [0.4, 0.5) is 5.82 Å². The van der Waals surface area contributed by atoms with Gasteiger partial charge in [-0.05, 0) is 34.5 Å². The van der Waals surface area contributed by atoms with E-state index in [4.69, 9.17) is 0 Å². The molecule has 1 aromatic heterocycles. The van der Waals surface area contributed by atoms with Gasteiger partial charge >= 0.3 is 0 Å². The van der Waals surface area contributed by atoms with Crippen LogP contribution in [0.3, 0.4) is 0 Å². The zero-order chi connectivity index (χ0) is 12.8. The van der Waals surface area contributed by atoms with Crippen molar-refractivity contribution >= 4 is 27.7 Å². The van der Waals surface area contributed by atoms with Gasteiger partial charge in [0.1, 0.15) is 10.4 Å². The van der Waals surface area contributed by atoms with Crippen LogP contribution in [-0.4, -0.2) is 43.0 Å². The molecule has 0 atom stereocenters. The highest BCUT2D eigenvalue weighted by Crippen LogP contribution is 2.15. The maximum absolute atomic E-state index is 11.7. The predicted molar refractivity (Wildman–Crippen MR) is 73.1 cm³/mol. The zero-order valence-electron chi connectivity index (χ0n) is 10.5. The van der Waals surface area contributed by atoms with Gasteiger partial charge in [-0.15, -0.1) is 0 Å². The first-order valence-electron chi connectivity index (χ1n) is 5.62. The molecule has 1 rings (SSSR count). The van der Waals surface area contributed by atoms with Gasteiger partial charge < -0.3 is 9.80 Å². The Kier molecular flexibility index (Phi) is 5.41. The molecule has 0 fully saturated rings. The lowest BCUT2D eigenvalue weighted by Crippen LogP contribution is -2.37. The summed E-state index contributed by atoms with van der Waals surface area (Å²) >= 11 is 3.34. The first kappa shape index (κ1) is 14.0. The Bertz CT molecular complexity index is 382. The largest absolute Gasteiger partial charge is 0.347 e. The van der Waals surface area contributed by atoms with Gasteiger partial charge in [0.05, 0.1) is 6.54 Å². The minimum atomic E-state index is 0.0835. The fourth-order valence-corrected chi connectivity index (χ4v) is 1.76. The number of nitrogens with zero attached hydrogens (tertiary/aromatic N) is 3. The van der Waals surface area contributed by atoms with E-state index in [0.29, 0.717) is 6.54 Å². The van der Waals surface area contributed by atoms with E-state index in [1.54, 1.807) is 19.0 Å². The van der Waals surface area contributed by atoms with E-state index in [-0.39, 0.29) is 5.91 Å². The van der Waals surface area contributed by atoms with Crippen LogP contribution in [0.2, 0.25) is 0 Å². The van der Waals surface area contributed by atoms with Crippen molar-refractivity contribution in [2.24, 2.45) is 0 Å². The van der Waals surface area contributed by atoms with E-state index in [9.17, 15) is 4.79 Å². The fourth-order valence-electron chi connectivity index (χ4n) is 1.42. The van der Waals surface area contributed by atoms with Crippen molar-refractivity contribution in [2.75, 3.05) is 32.1 Å². The van der Waals surface area contributed by atoms with Gasteiger partial charge in [-0.1, -0.05) is 13.0 Å². The van der Waals surface area contributed by atoms with Crippen LogP contribution in [0.25, 0.3) is 0 Å². The maximum Gasteiger partial charge on any atom is 0.241 e. The topological polar surface area (TPSA) is 36.4 Å². The molecular formula is C12H18BrN3O. The van der Waals surface area contributed by atoms with E-state index in [0.717, 1.165) is 23.4 Å². The van der Waals surface area contributed by atoms with Crippen LogP contribution in [0, 0.1) is 0 Å². The number of amides is 1. The maximum atomic E-state index is 11.7. The van der Waals surface area contributed by atoms with Crippen LogP contribution < -0.4 is 4.90 Å². The van der Waals surface area contributed by atoms with Crippen LogP contribution in [0.5, 0.6) is 0 Å². The number of hydrogen-bond donors (Lipinski definition) is 0. The van der Waals surface area contributed by atoms with Crippen molar-refractivity contribution in [2.45, 2.75) is 13.3 Å². The third-order valence-corrected chi connectivity index (χ3v) is 2.78. The van der Waals surface area contributed by atoms with E-state index in [2.05, 4.69) is 27.8 Å². The summed E-state index contributed by atoms with van der Waals surface area (Å²) in [6.45, 7) is 3.28. The predicted octanol–water partition coefficient (Wildman–Crippen LogP) is 2.15. The summed E-state index contributed by atoms with van der Waals surface area (Å²) in [5, 5.41) is 0. The molecule has 1 heterocycles. The van der Waals surface area contributed by atoms with Crippen LogP contribution in [0.1, 0.15) is 13.3 Å². The van der Waals surface area contributed by atoms with Crippen molar-refractivity contribution < 1.29 is 4.79 Å². The summed E-state index contributed by atoms with van der Waals surface area (Å²) in [5.74, 6) is 0.914. The lowest BCUT2D eigenvalue weighted by atomic mass is 10.3. The van der Waals surface area contributed by atoms with Crippen molar-refractivity contribution in [1.29, 1.82) is 0 Å². The van der Waals surface area contributed by atoms with E-state index >= 15 is 0 Å². The lowest BCUT2D eigenvalue weighted by Gasteiger charge is -2.24. The van der Waals surface area contributed by atoms with Crippen LogP contribution in [0.15, 0.2) is 22.8 Å². The van der Waals surface area contributed by atoms with Crippen LogP contribution in [-0.2, 0) is 4.79 Å². The summed E-state index contributed by atoms with van der Waals surface area (Å²) in [4.78, 5) is 19.7. The minimum Gasteiger partial charge on any atom is -0.347 e. The summed E-state index contributed by atoms with van der Waals surface area (Å²) in [6.07, 6.45) is 0.981. The van der Waals surface area contributed by atoms with Gasteiger partial charge in [0.15, 0.2) is 0 Å². The molecule has 0 aliphatic rings. The van der Waals surface area contributed by atoms with Gasteiger partial charge in [-0.3, -0.25) is 4.79 Å². The zero-order valence-corrected chi connectivity index (χ0v) is 12.1. The Morgan fingerprint density at radius 2 is 2.12 bits per heavy atom. The molecule has 0 spiro atoms. The average Bonchev–Trinajstić information content (AvgIpc) is 2.28. The monoisotopic (exact) mass is 299 g/mol. The van der Waals surface area contributed by atoms with Crippen LogP contribution >= 0.6 is 15.9 Å². The molecule has 0 saturated carbocycles. The SMILES string of the molecule is CCCN(CC(=O)N(C)C)c1cccc(Br)n1. The molecule has 5 heteroatoms. The van der Waals surface area contributed by atoms with Gasteiger partial charge in [-0.25, -0.2) is 4.98 Å². The molecule has 0 unspecified atom stereocenters. The number of carbonyl (C=O) groups is 1. The molecule has 0 aliphatic heterocycles. The number of anilines is 1. The second-order valence-electron chi connectivity index (χ2n) is 4.03. The van der Waals surface area contributed by atoms with Crippen molar-refractivity contribution in [1.82, 2.24) is 9.88 Å². The number of pyridine rings is 1. The molecule has 0 radical (unpaired) electrons. The molecule has 17 heavy (non-hydrogen) atoms. The Balaban J connectivity index is 2.82. The number of aromatic nitrogens is 1.